The van der Waals surface area contributed by atoms with Crippen LogP contribution in [0.25, 0.3) is 11.4 Å². The maximum absolute atomic E-state index is 13.0. The van der Waals surface area contributed by atoms with Crippen LogP contribution in [0.5, 0.6) is 0 Å². The third kappa shape index (κ3) is 5.09. The largest absolute Gasteiger partial charge is 0.353 e. The fourth-order valence-corrected chi connectivity index (χ4v) is 5.52. The van der Waals surface area contributed by atoms with Crippen LogP contribution in [-0.2, 0) is 11.2 Å². The van der Waals surface area contributed by atoms with Gasteiger partial charge in [-0.05, 0) is 44.7 Å². The molecule has 0 N–H and O–H groups in total. The average molecular weight is 469 g/mol. The van der Waals surface area contributed by atoms with Crippen LogP contribution >= 0.6 is 0 Å². The molecule has 35 heavy (non-hydrogen) atoms. The number of hydrogen-bond acceptors (Lipinski definition) is 4. The summed E-state index contributed by atoms with van der Waals surface area (Å²) < 4.78 is 0. The van der Waals surface area contributed by atoms with Gasteiger partial charge in [-0.1, -0.05) is 66.9 Å². The Labute approximate surface area is 209 Å². The van der Waals surface area contributed by atoms with Crippen LogP contribution in [0.15, 0.2) is 48.5 Å². The van der Waals surface area contributed by atoms with Crippen LogP contribution < -0.4 is 4.90 Å². The summed E-state index contributed by atoms with van der Waals surface area (Å²) in [5.41, 5.74) is 7.13. The molecule has 0 atom stereocenters. The van der Waals surface area contributed by atoms with E-state index in [1.54, 1.807) is 0 Å². The minimum atomic E-state index is 0.243. The topological polar surface area (TPSA) is 49.3 Å². The van der Waals surface area contributed by atoms with Crippen LogP contribution in [0.4, 0.5) is 5.82 Å². The summed E-state index contributed by atoms with van der Waals surface area (Å²) in [6.45, 7) is 9.58. The standard InChI is InChI=1S/C30H36N4O/c1-21-13-14-22(2)26(19-21)20-27-23(3)31-28(24-9-5-4-6-10-24)32-29(27)33-15-17-34(18-16-33)30(35)25-11-7-8-12-25/h4-6,9-10,13-14,19,25H,7-8,11-12,15-18,20H2,1-3H3. The molecule has 1 aliphatic carbocycles. The van der Waals surface area contributed by atoms with Gasteiger partial charge in [-0.3, -0.25) is 4.79 Å². The van der Waals surface area contributed by atoms with E-state index in [1.165, 1.54) is 35.1 Å². The Morgan fingerprint density at radius 2 is 1.63 bits per heavy atom. The predicted molar refractivity (Wildman–Crippen MR) is 142 cm³/mol. The van der Waals surface area contributed by atoms with Crippen molar-refractivity contribution in [2.24, 2.45) is 5.92 Å². The second kappa shape index (κ2) is 10.2. The molecular formula is C30H36N4O. The summed E-state index contributed by atoms with van der Waals surface area (Å²) in [6, 6.07) is 16.9. The molecule has 182 valence electrons. The van der Waals surface area contributed by atoms with Crippen LogP contribution in [0.3, 0.4) is 0 Å². The number of piperazine rings is 1. The number of carbonyl (C=O) groups is 1. The molecule has 2 aliphatic rings. The van der Waals surface area contributed by atoms with E-state index < -0.39 is 0 Å². The summed E-state index contributed by atoms with van der Waals surface area (Å²) in [5, 5.41) is 0. The van der Waals surface area contributed by atoms with E-state index in [1.807, 2.05) is 18.2 Å². The zero-order valence-corrected chi connectivity index (χ0v) is 21.3. The molecule has 2 heterocycles. The zero-order chi connectivity index (χ0) is 24.4. The fraction of sp³-hybridized carbons (Fsp3) is 0.433. The molecule has 1 aliphatic heterocycles. The zero-order valence-electron chi connectivity index (χ0n) is 21.3. The number of anilines is 1. The lowest BCUT2D eigenvalue weighted by molar-refractivity contribution is -0.135. The SMILES string of the molecule is Cc1ccc(C)c(Cc2c(C)nc(-c3ccccc3)nc2N2CCN(C(=O)C3CCCC3)CC2)c1. The third-order valence-corrected chi connectivity index (χ3v) is 7.69. The van der Waals surface area contributed by atoms with Crippen LogP contribution in [0.1, 0.15) is 53.6 Å². The highest BCUT2D eigenvalue weighted by Crippen LogP contribution is 2.31. The van der Waals surface area contributed by atoms with Gasteiger partial charge in [0.2, 0.25) is 5.91 Å². The minimum absolute atomic E-state index is 0.243. The highest BCUT2D eigenvalue weighted by molar-refractivity contribution is 5.79. The number of rotatable bonds is 5. The molecule has 5 nitrogen and oxygen atoms in total. The lowest BCUT2D eigenvalue weighted by Crippen LogP contribution is -2.50. The quantitative estimate of drug-likeness (QED) is 0.496. The molecule has 1 amide bonds. The second-order valence-corrected chi connectivity index (χ2v) is 10.2. The predicted octanol–water partition coefficient (Wildman–Crippen LogP) is 5.50. The van der Waals surface area contributed by atoms with Gasteiger partial charge in [0.1, 0.15) is 5.82 Å². The first kappa shape index (κ1) is 23.5. The molecule has 0 radical (unpaired) electrons. The molecule has 0 unspecified atom stereocenters. The van der Waals surface area contributed by atoms with Gasteiger partial charge < -0.3 is 9.80 Å². The van der Waals surface area contributed by atoms with Crippen LogP contribution in [0, 0.1) is 26.7 Å². The Morgan fingerprint density at radius 3 is 2.34 bits per heavy atom. The Hall–Kier alpha value is -3.21. The number of carbonyl (C=O) groups excluding carboxylic acids is 1. The van der Waals surface area contributed by atoms with Crippen molar-refractivity contribution in [2.75, 3.05) is 31.1 Å². The molecule has 1 saturated carbocycles. The van der Waals surface area contributed by atoms with Gasteiger partial charge >= 0.3 is 0 Å². The second-order valence-electron chi connectivity index (χ2n) is 10.2. The van der Waals surface area contributed by atoms with Crippen molar-refractivity contribution in [3.63, 3.8) is 0 Å². The van der Waals surface area contributed by atoms with Crippen molar-refractivity contribution in [1.29, 1.82) is 0 Å². The summed E-state index contributed by atoms with van der Waals surface area (Å²) in [4.78, 5) is 27.5. The summed E-state index contributed by atoms with van der Waals surface area (Å²) >= 11 is 0. The van der Waals surface area contributed by atoms with Crippen molar-refractivity contribution in [3.05, 3.63) is 76.5 Å². The van der Waals surface area contributed by atoms with E-state index in [4.69, 9.17) is 9.97 Å². The van der Waals surface area contributed by atoms with Gasteiger partial charge in [0.15, 0.2) is 5.82 Å². The van der Waals surface area contributed by atoms with Gasteiger partial charge in [0.25, 0.3) is 0 Å². The van der Waals surface area contributed by atoms with Gasteiger partial charge in [-0.2, -0.15) is 0 Å². The number of hydrogen-bond donors (Lipinski definition) is 0. The smallest absolute Gasteiger partial charge is 0.225 e. The summed E-state index contributed by atoms with van der Waals surface area (Å²) in [5.74, 6) is 2.39. The monoisotopic (exact) mass is 468 g/mol. The van der Waals surface area contributed by atoms with Crippen molar-refractivity contribution in [1.82, 2.24) is 14.9 Å². The average Bonchev–Trinajstić information content (AvgIpc) is 3.42. The minimum Gasteiger partial charge on any atom is -0.353 e. The molecule has 0 spiro atoms. The van der Waals surface area contributed by atoms with E-state index in [9.17, 15) is 4.79 Å². The number of benzene rings is 2. The molecule has 1 aromatic heterocycles. The number of amides is 1. The van der Waals surface area contributed by atoms with Gasteiger partial charge in [-0.15, -0.1) is 0 Å². The Bertz CT molecular complexity index is 1190. The van der Waals surface area contributed by atoms with Gasteiger partial charge in [0.05, 0.1) is 0 Å². The molecule has 5 rings (SSSR count). The molecule has 0 bridgehead atoms. The Morgan fingerprint density at radius 1 is 0.914 bits per heavy atom. The van der Waals surface area contributed by atoms with Crippen LogP contribution in [-0.4, -0.2) is 47.0 Å². The maximum atomic E-state index is 13.0. The highest BCUT2D eigenvalue weighted by atomic mass is 16.2. The molecule has 2 fully saturated rings. The van der Waals surface area contributed by atoms with Crippen molar-refractivity contribution in [2.45, 2.75) is 52.9 Å². The first-order valence-electron chi connectivity index (χ1n) is 13.0. The Kier molecular flexibility index (Phi) is 6.85. The summed E-state index contributed by atoms with van der Waals surface area (Å²) in [7, 11) is 0. The highest BCUT2D eigenvalue weighted by Gasteiger charge is 2.30. The first-order chi connectivity index (χ1) is 17.0. The molecule has 5 heteroatoms. The third-order valence-electron chi connectivity index (χ3n) is 7.69. The Balaban J connectivity index is 1.46. The van der Waals surface area contributed by atoms with Gasteiger partial charge in [-0.25, -0.2) is 9.97 Å². The molecule has 1 saturated heterocycles. The molecule has 3 aromatic rings. The van der Waals surface area contributed by atoms with Crippen LogP contribution in [0.2, 0.25) is 0 Å². The van der Waals surface area contributed by atoms with E-state index in [0.717, 1.165) is 68.3 Å². The van der Waals surface area contributed by atoms with Crippen molar-refractivity contribution in [3.8, 4) is 11.4 Å². The number of nitrogens with zero attached hydrogens (tertiary/aromatic N) is 4. The summed E-state index contributed by atoms with van der Waals surface area (Å²) in [6.07, 6.45) is 5.32. The van der Waals surface area contributed by atoms with E-state index in [0.29, 0.717) is 5.91 Å². The lowest BCUT2D eigenvalue weighted by Gasteiger charge is -2.37. The van der Waals surface area contributed by atoms with E-state index in [-0.39, 0.29) is 5.92 Å². The maximum Gasteiger partial charge on any atom is 0.225 e. The lowest BCUT2D eigenvalue weighted by atomic mass is 9.97. The molecule has 2 aromatic carbocycles. The van der Waals surface area contributed by atoms with Crippen molar-refractivity contribution < 1.29 is 4.79 Å². The fourth-order valence-electron chi connectivity index (χ4n) is 5.52. The van der Waals surface area contributed by atoms with E-state index in [2.05, 4.69) is 60.9 Å². The number of aromatic nitrogens is 2. The van der Waals surface area contributed by atoms with E-state index >= 15 is 0 Å². The van der Waals surface area contributed by atoms with Crippen molar-refractivity contribution >= 4 is 11.7 Å². The first-order valence-corrected chi connectivity index (χ1v) is 13.0. The number of aryl methyl sites for hydroxylation is 3. The normalized spacial score (nSPS) is 16.7. The molecular weight excluding hydrogens is 432 g/mol. The van der Waals surface area contributed by atoms with Gasteiger partial charge in [0, 0.05) is 55.3 Å².